The summed E-state index contributed by atoms with van der Waals surface area (Å²) in [5.74, 6) is -0.556. The maximum Gasteiger partial charge on any atom is 0.358 e. The predicted octanol–water partition coefficient (Wildman–Crippen LogP) is 2.83. The van der Waals surface area contributed by atoms with Crippen molar-refractivity contribution in [3.8, 4) is 11.3 Å². The number of nitrogens with one attached hydrogen (secondary N) is 1. The number of fused-ring (bicyclic) bond motifs is 1. The van der Waals surface area contributed by atoms with Gasteiger partial charge in [0.05, 0.1) is 18.5 Å². The van der Waals surface area contributed by atoms with Crippen molar-refractivity contribution in [3.63, 3.8) is 0 Å². The molecule has 0 aliphatic carbocycles. The molecule has 0 aliphatic rings. The number of benzene rings is 1. The van der Waals surface area contributed by atoms with E-state index in [9.17, 15) is 9.59 Å². The molecule has 0 saturated heterocycles. The highest BCUT2D eigenvalue weighted by atomic mass is 35.5. The minimum Gasteiger partial charge on any atom is -0.461 e. The number of rotatable bonds is 3. The third-order valence-corrected chi connectivity index (χ3v) is 3.67. The highest BCUT2D eigenvalue weighted by Crippen LogP contribution is 2.23. The van der Waals surface area contributed by atoms with E-state index in [4.69, 9.17) is 16.3 Å². The summed E-state index contributed by atoms with van der Waals surface area (Å²) >= 11 is 5.96. The van der Waals surface area contributed by atoms with Crippen molar-refractivity contribution >= 4 is 23.1 Å². The van der Waals surface area contributed by atoms with E-state index in [1.165, 1.54) is 10.6 Å². The Hall–Kier alpha value is -2.60. The number of hydrogen-bond donors (Lipinski definition) is 1. The van der Waals surface area contributed by atoms with Crippen LogP contribution in [0.15, 0.2) is 35.3 Å². The van der Waals surface area contributed by atoms with Gasteiger partial charge in [0.25, 0.3) is 5.56 Å². The quantitative estimate of drug-likeness (QED) is 0.749. The molecule has 3 aromatic rings. The largest absolute Gasteiger partial charge is 0.461 e. The maximum absolute atomic E-state index is 12.3. The summed E-state index contributed by atoms with van der Waals surface area (Å²) < 4.78 is 6.29. The topological polar surface area (TPSA) is 76.5 Å². The molecule has 2 aromatic heterocycles. The second kappa shape index (κ2) is 5.89. The number of carbonyl (C=O) groups is 1. The first-order valence-corrected chi connectivity index (χ1v) is 7.43. The van der Waals surface area contributed by atoms with E-state index >= 15 is 0 Å². The smallest absolute Gasteiger partial charge is 0.358 e. The van der Waals surface area contributed by atoms with E-state index in [2.05, 4.69) is 10.1 Å². The molecule has 0 unspecified atom stereocenters. The third kappa shape index (κ3) is 2.85. The number of aromatic amines is 1. The number of nitrogens with zero attached hydrogens (tertiary/aromatic N) is 2. The average molecular weight is 332 g/mol. The molecule has 0 bridgehead atoms. The van der Waals surface area contributed by atoms with Crippen molar-refractivity contribution in [3.05, 3.63) is 57.1 Å². The molecular weight excluding hydrogens is 318 g/mol. The molecule has 0 radical (unpaired) electrons. The lowest BCUT2D eigenvalue weighted by molar-refractivity contribution is 0.0519. The molecule has 23 heavy (non-hydrogen) atoms. The first-order valence-electron chi connectivity index (χ1n) is 7.06. The van der Waals surface area contributed by atoms with Crippen LogP contribution in [0.4, 0.5) is 0 Å². The first-order chi connectivity index (χ1) is 11.0. The monoisotopic (exact) mass is 331 g/mol. The summed E-state index contributed by atoms with van der Waals surface area (Å²) in [7, 11) is 0. The lowest BCUT2D eigenvalue weighted by atomic mass is 10.1. The number of esters is 1. The highest BCUT2D eigenvalue weighted by Gasteiger charge is 2.15. The van der Waals surface area contributed by atoms with Gasteiger partial charge in [-0.15, -0.1) is 0 Å². The fraction of sp³-hybridized carbons (Fsp3) is 0.188. The summed E-state index contributed by atoms with van der Waals surface area (Å²) in [4.78, 5) is 26.8. The Morgan fingerprint density at radius 3 is 2.87 bits per heavy atom. The van der Waals surface area contributed by atoms with Crippen molar-refractivity contribution < 1.29 is 9.53 Å². The van der Waals surface area contributed by atoms with Crippen molar-refractivity contribution in [2.75, 3.05) is 6.61 Å². The average Bonchev–Trinajstić information content (AvgIpc) is 2.92. The molecule has 0 saturated carbocycles. The Bertz CT molecular complexity index is 959. The van der Waals surface area contributed by atoms with Crippen molar-refractivity contribution in [1.82, 2.24) is 14.6 Å². The molecule has 0 aliphatic heterocycles. The van der Waals surface area contributed by atoms with Crippen LogP contribution in [-0.2, 0) is 4.74 Å². The second-order valence-electron chi connectivity index (χ2n) is 5.04. The highest BCUT2D eigenvalue weighted by molar-refractivity contribution is 6.30. The van der Waals surface area contributed by atoms with Gasteiger partial charge in [0.2, 0.25) is 0 Å². The molecule has 3 rings (SSSR count). The van der Waals surface area contributed by atoms with Crippen molar-refractivity contribution in [2.24, 2.45) is 0 Å². The predicted molar refractivity (Wildman–Crippen MR) is 87.0 cm³/mol. The van der Waals surface area contributed by atoms with Gasteiger partial charge < -0.3 is 9.72 Å². The summed E-state index contributed by atoms with van der Waals surface area (Å²) in [6.45, 7) is 3.86. The molecule has 1 aromatic carbocycles. The van der Waals surface area contributed by atoms with Crippen molar-refractivity contribution in [1.29, 1.82) is 0 Å². The molecular formula is C16H14ClN3O3. The third-order valence-electron chi connectivity index (χ3n) is 3.43. The van der Waals surface area contributed by atoms with Crippen LogP contribution in [-0.4, -0.2) is 27.2 Å². The number of carbonyl (C=O) groups excluding carboxylic acids is 1. The number of H-pyrrole nitrogens is 1. The van der Waals surface area contributed by atoms with Crippen molar-refractivity contribution in [2.45, 2.75) is 13.8 Å². The lowest BCUT2D eigenvalue weighted by Gasteiger charge is -2.06. The Morgan fingerprint density at radius 2 is 2.17 bits per heavy atom. The molecule has 118 valence electrons. The fourth-order valence-electron chi connectivity index (χ4n) is 2.37. The number of ether oxygens (including phenoxy) is 1. The second-order valence-corrected chi connectivity index (χ2v) is 5.47. The van der Waals surface area contributed by atoms with E-state index in [-0.39, 0.29) is 23.4 Å². The Labute approximate surface area is 136 Å². The molecule has 6 nitrogen and oxygen atoms in total. The molecule has 7 heteroatoms. The molecule has 1 N–H and O–H groups in total. The van der Waals surface area contributed by atoms with Crippen LogP contribution >= 0.6 is 11.6 Å². The fourth-order valence-corrected chi connectivity index (χ4v) is 2.60. The summed E-state index contributed by atoms with van der Waals surface area (Å²) in [5, 5.41) is 4.75. The Kier molecular flexibility index (Phi) is 3.92. The number of aryl methyl sites for hydroxylation is 1. The zero-order valence-corrected chi connectivity index (χ0v) is 13.3. The van der Waals surface area contributed by atoms with Gasteiger partial charge in [0.1, 0.15) is 5.52 Å². The van der Waals surface area contributed by atoms with Gasteiger partial charge in [-0.25, -0.2) is 9.31 Å². The van der Waals surface area contributed by atoms with E-state index in [1.54, 1.807) is 19.2 Å². The standard InChI is InChI=1S/C16H14ClN3O3/c1-3-23-16(22)12-7-14-15(21)18-13(8-20(14)19-12)11-5-4-10(17)6-9(11)2/h4-8H,3H2,1-2H3,(H,18,21). The molecule has 0 fully saturated rings. The number of hydrogen-bond acceptors (Lipinski definition) is 4. The zero-order chi connectivity index (χ0) is 16.6. The SMILES string of the molecule is CCOC(=O)c1cc2c(=O)[nH]c(-c3ccc(Cl)cc3C)cn2n1. The Balaban J connectivity index is 2.14. The van der Waals surface area contributed by atoms with Crippen LogP contribution in [0, 0.1) is 6.92 Å². The number of aromatic nitrogens is 3. The van der Waals surface area contributed by atoms with Crippen LogP contribution in [0.2, 0.25) is 5.02 Å². The normalized spacial score (nSPS) is 10.9. The molecule has 0 amide bonds. The van der Waals surface area contributed by atoms with Gasteiger partial charge >= 0.3 is 5.97 Å². The summed E-state index contributed by atoms with van der Waals surface area (Å²) in [5.41, 5.74) is 2.40. The van der Waals surface area contributed by atoms with Gasteiger partial charge in [-0.2, -0.15) is 5.10 Å². The van der Waals surface area contributed by atoms with E-state index in [0.717, 1.165) is 11.1 Å². The van der Waals surface area contributed by atoms with E-state index in [1.807, 2.05) is 19.1 Å². The van der Waals surface area contributed by atoms with Gasteiger partial charge in [-0.05, 0) is 31.5 Å². The van der Waals surface area contributed by atoms with Crippen LogP contribution in [0.1, 0.15) is 23.0 Å². The zero-order valence-electron chi connectivity index (χ0n) is 12.6. The van der Waals surface area contributed by atoms with E-state index < -0.39 is 5.97 Å². The van der Waals surface area contributed by atoms with Gasteiger partial charge in [0, 0.05) is 16.7 Å². The van der Waals surface area contributed by atoms with Gasteiger partial charge in [-0.3, -0.25) is 4.79 Å². The maximum atomic E-state index is 12.3. The van der Waals surface area contributed by atoms with Gasteiger partial charge in [0.15, 0.2) is 5.69 Å². The number of halogens is 1. The van der Waals surface area contributed by atoms with E-state index in [0.29, 0.717) is 10.7 Å². The molecule has 0 spiro atoms. The lowest BCUT2D eigenvalue weighted by Crippen LogP contribution is -2.11. The minimum absolute atomic E-state index is 0.0994. The van der Waals surface area contributed by atoms with Gasteiger partial charge in [-0.1, -0.05) is 17.7 Å². The Morgan fingerprint density at radius 1 is 1.39 bits per heavy atom. The molecule has 2 heterocycles. The van der Waals surface area contributed by atoms with Crippen LogP contribution in [0.5, 0.6) is 0 Å². The minimum atomic E-state index is -0.556. The van der Waals surface area contributed by atoms with Crippen LogP contribution < -0.4 is 5.56 Å². The first kappa shape index (κ1) is 15.3. The molecule has 0 atom stereocenters. The summed E-state index contributed by atoms with van der Waals surface area (Å²) in [6.07, 6.45) is 1.66. The summed E-state index contributed by atoms with van der Waals surface area (Å²) in [6, 6.07) is 6.80. The van der Waals surface area contributed by atoms with Crippen LogP contribution in [0.3, 0.4) is 0 Å². The van der Waals surface area contributed by atoms with Crippen LogP contribution in [0.25, 0.3) is 16.8 Å².